The lowest BCUT2D eigenvalue weighted by Crippen LogP contribution is -2.47. The fourth-order valence-corrected chi connectivity index (χ4v) is 5.89. The van der Waals surface area contributed by atoms with E-state index >= 15 is 0 Å². The minimum Gasteiger partial charge on any atom is -0.325 e. The lowest BCUT2D eigenvalue weighted by Gasteiger charge is -2.41. The second-order valence-corrected chi connectivity index (χ2v) is 8.67. The van der Waals surface area contributed by atoms with E-state index in [-0.39, 0.29) is 0 Å². The molecule has 0 amide bonds. The molecule has 3 fully saturated rings. The van der Waals surface area contributed by atoms with E-state index in [1.54, 1.807) is 0 Å². The number of aromatic nitrogens is 2. The normalized spacial score (nSPS) is 30.3. The van der Waals surface area contributed by atoms with E-state index < -0.39 is 0 Å². The minimum atomic E-state index is 0.631. The molecule has 4 nitrogen and oxygen atoms in total. The van der Waals surface area contributed by atoms with Crippen molar-refractivity contribution in [3.8, 4) is 0 Å². The quantitative estimate of drug-likeness (QED) is 0.831. The van der Waals surface area contributed by atoms with Crippen LogP contribution in [0.1, 0.15) is 56.8 Å². The number of hydrogen-bond donors (Lipinski definition) is 0. The van der Waals surface area contributed by atoms with Crippen LogP contribution >= 0.6 is 0 Å². The van der Waals surface area contributed by atoms with E-state index in [9.17, 15) is 0 Å². The third-order valence-electron chi connectivity index (χ3n) is 7.12. The van der Waals surface area contributed by atoms with Crippen LogP contribution in [0.3, 0.4) is 0 Å². The smallest absolute Gasteiger partial charge is 0.106 e. The number of aryl methyl sites for hydroxylation is 1. The number of piperidine rings is 2. The molecule has 0 spiro atoms. The van der Waals surface area contributed by atoms with Gasteiger partial charge in [0.05, 0.1) is 11.0 Å². The summed E-state index contributed by atoms with van der Waals surface area (Å²) in [5, 5.41) is 0. The van der Waals surface area contributed by atoms with Gasteiger partial charge in [0.15, 0.2) is 0 Å². The molecule has 0 N–H and O–H groups in total. The van der Waals surface area contributed by atoms with Gasteiger partial charge in [0.1, 0.15) is 5.82 Å². The molecule has 1 aromatic heterocycles. The van der Waals surface area contributed by atoms with Crippen molar-refractivity contribution in [2.45, 2.75) is 70.0 Å². The highest BCUT2D eigenvalue weighted by Gasteiger charge is 2.41. The van der Waals surface area contributed by atoms with Crippen LogP contribution in [0, 0.1) is 6.92 Å². The summed E-state index contributed by atoms with van der Waals surface area (Å²) >= 11 is 0. The topological polar surface area (TPSA) is 24.3 Å². The predicted octanol–water partition coefficient (Wildman–Crippen LogP) is 4.00. The molecule has 1 aromatic carbocycles. The van der Waals surface area contributed by atoms with Crippen molar-refractivity contribution in [1.82, 2.24) is 19.4 Å². The monoisotopic (exact) mass is 352 g/mol. The number of imidazole rings is 1. The Morgan fingerprint density at radius 3 is 2.42 bits per heavy atom. The lowest BCUT2D eigenvalue weighted by molar-refractivity contribution is 0.0884. The number of para-hydroxylation sites is 2. The maximum atomic E-state index is 4.82. The molecule has 140 valence electrons. The minimum absolute atomic E-state index is 0.631. The number of nitrogens with zero attached hydrogens (tertiary/aromatic N) is 4. The Morgan fingerprint density at radius 2 is 1.65 bits per heavy atom. The summed E-state index contributed by atoms with van der Waals surface area (Å²) in [7, 11) is 0. The SMILES string of the molecule is Cc1nc2ccccc2n1C1CC2CCC(C1)N2CCN1CCCCC1. The van der Waals surface area contributed by atoms with Crippen molar-refractivity contribution in [3.63, 3.8) is 0 Å². The Morgan fingerprint density at radius 1 is 0.923 bits per heavy atom. The molecule has 3 aliphatic rings. The van der Waals surface area contributed by atoms with E-state index in [1.807, 2.05) is 0 Å². The van der Waals surface area contributed by atoms with E-state index in [1.165, 1.54) is 82.5 Å². The van der Waals surface area contributed by atoms with Gasteiger partial charge in [0.25, 0.3) is 0 Å². The van der Waals surface area contributed by atoms with Crippen LogP contribution in [0.25, 0.3) is 11.0 Å². The van der Waals surface area contributed by atoms with Crippen LogP contribution in [0.5, 0.6) is 0 Å². The standard InChI is InChI=1S/C22H32N4/c1-17-23-21-7-3-4-8-22(21)26(17)20-15-18-9-10-19(16-20)25(18)14-13-24-11-5-2-6-12-24/h3-4,7-8,18-20H,2,5-6,9-16H2,1H3. The van der Waals surface area contributed by atoms with E-state index in [0.29, 0.717) is 6.04 Å². The summed E-state index contributed by atoms with van der Waals surface area (Å²) in [4.78, 5) is 10.4. The van der Waals surface area contributed by atoms with Crippen LogP contribution in [-0.4, -0.2) is 57.6 Å². The molecule has 5 rings (SSSR count). The maximum Gasteiger partial charge on any atom is 0.106 e. The first-order valence-corrected chi connectivity index (χ1v) is 10.7. The first kappa shape index (κ1) is 16.8. The second kappa shape index (κ2) is 6.97. The van der Waals surface area contributed by atoms with Crippen LogP contribution in [0.2, 0.25) is 0 Å². The molecule has 0 aliphatic carbocycles. The van der Waals surface area contributed by atoms with Gasteiger partial charge in [0.2, 0.25) is 0 Å². The number of fused-ring (bicyclic) bond motifs is 3. The molecule has 2 unspecified atom stereocenters. The average molecular weight is 353 g/mol. The second-order valence-electron chi connectivity index (χ2n) is 8.67. The number of benzene rings is 1. The lowest BCUT2D eigenvalue weighted by atomic mass is 9.96. The zero-order chi connectivity index (χ0) is 17.5. The van der Waals surface area contributed by atoms with Crippen molar-refractivity contribution in [2.24, 2.45) is 0 Å². The Kier molecular flexibility index (Phi) is 4.49. The third-order valence-corrected chi connectivity index (χ3v) is 7.12. The number of likely N-dealkylation sites (tertiary alicyclic amines) is 1. The Balaban J connectivity index is 1.30. The average Bonchev–Trinajstić information content (AvgIpc) is 3.12. The molecule has 2 atom stereocenters. The molecule has 4 heteroatoms. The zero-order valence-electron chi connectivity index (χ0n) is 16.1. The molecular formula is C22H32N4. The maximum absolute atomic E-state index is 4.82. The summed E-state index contributed by atoms with van der Waals surface area (Å²) in [6, 6.07) is 10.9. The molecule has 0 saturated carbocycles. The molecule has 4 heterocycles. The first-order valence-electron chi connectivity index (χ1n) is 10.7. The van der Waals surface area contributed by atoms with Gasteiger partial charge in [-0.3, -0.25) is 4.90 Å². The van der Waals surface area contributed by atoms with Gasteiger partial charge >= 0.3 is 0 Å². The van der Waals surface area contributed by atoms with Crippen LogP contribution in [-0.2, 0) is 0 Å². The Hall–Kier alpha value is -1.39. The summed E-state index contributed by atoms with van der Waals surface area (Å²) in [6.45, 7) is 7.40. The van der Waals surface area contributed by atoms with Gasteiger partial charge in [-0.2, -0.15) is 0 Å². The number of hydrogen-bond acceptors (Lipinski definition) is 3. The van der Waals surface area contributed by atoms with Crippen molar-refractivity contribution < 1.29 is 0 Å². The van der Waals surface area contributed by atoms with Crippen molar-refractivity contribution in [1.29, 1.82) is 0 Å². The van der Waals surface area contributed by atoms with Crippen LogP contribution in [0.4, 0.5) is 0 Å². The van der Waals surface area contributed by atoms with Crippen molar-refractivity contribution in [3.05, 3.63) is 30.1 Å². The highest BCUT2D eigenvalue weighted by Crippen LogP contribution is 2.42. The van der Waals surface area contributed by atoms with Gasteiger partial charge in [-0.05, 0) is 70.7 Å². The van der Waals surface area contributed by atoms with E-state index in [2.05, 4.69) is 45.6 Å². The molecular weight excluding hydrogens is 320 g/mol. The van der Waals surface area contributed by atoms with E-state index in [0.717, 1.165) is 17.6 Å². The fourth-order valence-electron chi connectivity index (χ4n) is 5.89. The highest BCUT2D eigenvalue weighted by molar-refractivity contribution is 5.76. The Bertz CT molecular complexity index is 747. The van der Waals surface area contributed by atoms with Crippen LogP contribution in [0.15, 0.2) is 24.3 Å². The third kappa shape index (κ3) is 2.97. The summed E-state index contributed by atoms with van der Waals surface area (Å²) in [5.74, 6) is 1.19. The predicted molar refractivity (Wildman–Crippen MR) is 107 cm³/mol. The van der Waals surface area contributed by atoms with Gasteiger partial charge < -0.3 is 9.47 Å². The molecule has 26 heavy (non-hydrogen) atoms. The summed E-state index contributed by atoms with van der Waals surface area (Å²) in [6.07, 6.45) is 9.64. The molecule has 2 bridgehead atoms. The Labute approximate surface area is 157 Å². The van der Waals surface area contributed by atoms with E-state index in [4.69, 9.17) is 4.98 Å². The van der Waals surface area contributed by atoms with Crippen molar-refractivity contribution in [2.75, 3.05) is 26.2 Å². The largest absolute Gasteiger partial charge is 0.325 e. The summed E-state index contributed by atoms with van der Waals surface area (Å²) < 4.78 is 2.54. The van der Waals surface area contributed by atoms with Crippen LogP contribution < -0.4 is 0 Å². The molecule has 2 aromatic rings. The number of rotatable bonds is 4. The first-order chi connectivity index (χ1) is 12.8. The fraction of sp³-hybridized carbons (Fsp3) is 0.682. The van der Waals surface area contributed by atoms with Gasteiger partial charge in [-0.25, -0.2) is 4.98 Å². The van der Waals surface area contributed by atoms with Gasteiger partial charge in [0, 0.05) is 31.2 Å². The molecule has 0 radical (unpaired) electrons. The molecule has 3 aliphatic heterocycles. The molecule has 3 saturated heterocycles. The van der Waals surface area contributed by atoms with Gasteiger partial charge in [-0.1, -0.05) is 18.6 Å². The summed E-state index contributed by atoms with van der Waals surface area (Å²) in [5.41, 5.74) is 2.49. The van der Waals surface area contributed by atoms with Gasteiger partial charge in [-0.15, -0.1) is 0 Å². The zero-order valence-corrected chi connectivity index (χ0v) is 16.1. The highest BCUT2D eigenvalue weighted by atomic mass is 15.3. The van der Waals surface area contributed by atoms with Crippen molar-refractivity contribution >= 4 is 11.0 Å².